The smallest absolute Gasteiger partial charge is 0.292 e. The van der Waals surface area contributed by atoms with Gasteiger partial charge in [-0.15, -0.1) is 0 Å². The van der Waals surface area contributed by atoms with E-state index in [0.29, 0.717) is 5.69 Å². The summed E-state index contributed by atoms with van der Waals surface area (Å²) < 4.78 is 12.9. The van der Waals surface area contributed by atoms with Gasteiger partial charge in [-0.3, -0.25) is 14.9 Å². The van der Waals surface area contributed by atoms with Crippen LogP contribution in [0, 0.1) is 15.9 Å². The molecular formula is C14H12FN3O3. The highest BCUT2D eigenvalue weighted by Crippen LogP contribution is 2.27. The summed E-state index contributed by atoms with van der Waals surface area (Å²) in [6.07, 6.45) is 0. The Kier molecular flexibility index (Phi) is 3.84. The van der Waals surface area contributed by atoms with E-state index in [1.165, 1.54) is 54.4 Å². The van der Waals surface area contributed by atoms with Crippen molar-refractivity contribution in [2.45, 2.75) is 0 Å². The highest BCUT2D eigenvalue weighted by molar-refractivity contribution is 6.10. The number of nitrogens with two attached hydrogens (primary N) is 1. The normalized spacial score (nSPS) is 10.2. The molecule has 2 aromatic carbocycles. The lowest BCUT2D eigenvalue weighted by molar-refractivity contribution is -0.383. The van der Waals surface area contributed by atoms with Gasteiger partial charge >= 0.3 is 0 Å². The van der Waals surface area contributed by atoms with Crippen LogP contribution in [0.2, 0.25) is 0 Å². The minimum Gasteiger partial charge on any atom is -0.393 e. The Balaban J connectivity index is 2.38. The van der Waals surface area contributed by atoms with Crippen molar-refractivity contribution in [3.63, 3.8) is 0 Å². The second kappa shape index (κ2) is 5.58. The summed E-state index contributed by atoms with van der Waals surface area (Å²) in [6.45, 7) is 0. The van der Waals surface area contributed by atoms with E-state index in [-0.39, 0.29) is 16.9 Å². The SMILES string of the molecule is CN(C(=O)c1cccc([N+](=O)[O-])c1N)c1ccc(F)cc1. The average molecular weight is 289 g/mol. The van der Waals surface area contributed by atoms with E-state index in [1.807, 2.05) is 0 Å². The lowest BCUT2D eigenvalue weighted by Gasteiger charge is -2.18. The van der Waals surface area contributed by atoms with E-state index in [0.717, 1.165) is 0 Å². The van der Waals surface area contributed by atoms with Crippen molar-refractivity contribution in [3.8, 4) is 0 Å². The number of para-hydroxylation sites is 1. The highest BCUT2D eigenvalue weighted by atomic mass is 19.1. The molecule has 0 aliphatic heterocycles. The standard InChI is InChI=1S/C14H12FN3O3/c1-17(10-7-5-9(15)6-8-10)14(19)11-3-2-4-12(13(11)16)18(20)21/h2-8H,16H2,1H3. The topological polar surface area (TPSA) is 89.5 Å². The number of halogens is 1. The number of hydrogen-bond acceptors (Lipinski definition) is 4. The molecule has 0 unspecified atom stereocenters. The molecule has 0 spiro atoms. The van der Waals surface area contributed by atoms with Gasteiger partial charge in [0, 0.05) is 18.8 Å². The third kappa shape index (κ3) is 2.81. The molecule has 6 nitrogen and oxygen atoms in total. The van der Waals surface area contributed by atoms with Gasteiger partial charge < -0.3 is 10.6 Å². The first-order valence-corrected chi connectivity index (χ1v) is 5.98. The Labute approximate surface area is 119 Å². The molecule has 0 aliphatic carbocycles. The van der Waals surface area contributed by atoms with E-state index in [4.69, 9.17) is 5.73 Å². The number of anilines is 2. The van der Waals surface area contributed by atoms with E-state index < -0.39 is 16.6 Å². The van der Waals surface area contributed by atoms with Gasteiger partial charge in [0.25, 0.3) is 11.6 Å². The van der Waals surface area contributed by atoms with Crippen molar-refractivity contribution < 1.29 is 14.1 Å². The molecular weight excluding hydrogens is 277 g/mol. The van der Waals surface area contributed by atoms with Crippen LogP contribution in [0.25, 0.3) is 0 Å². The lowest BCUT2D eigenvalue weighted by Crippen LogP contribution is -2.27. The number of benzene rings is 2. The minimum absolute atomic E-state index is 0.0241. The van der Waals surface area contributed by atoms with Gasteiger partial charge in [0.2, 0.25) is 0 Å². The van der Waals surface area contributed by atoms with Crippen LogP contribution < -0.4 is 10.6 Å². The molecule has 0 heterocycles. The van der Waals surface area contributed by atoms with Gasteiger partial charge in [-0.2, -0.15) is 0 Å². The Morgan fingerprint density at radius 1 is 1.24 bits per heavy atom. The third-order valence-electron chi connectivity index (χ3n) is 3.03. The molecule has 2 aromatic rings. The summed E-state index contributed by atoms with van der Waals surface area (Å²) in [5.74, 6) is -0.933. The van der Waals surface area contributed by atoms with Gasteiger partial charge in [-0.05, 0) is 30.3 Å². The number of hydrogen-bond donors (Lipinski definition) is 1. The van der Waals surface area contributed by atoms with Gasteiger partial charge in [-0.1, -0.05) is 6.07 Å². The molecule has 21 heavy (non-hydrogen) atoms. The monoisotopic (exact) mass is 289 g/mol. The van der Waals surface area contributed by atoms with Gasteiger partial charge in [0.05, 0.1) is 10.5 Å². The second-order valence-corrected chi connectivity index (χ2v) is 4.34. The Bertz CT molecular complexity index is 701. The van der Waals surface area contributed by atoms with Crippen LogP contribution in [0.3, 0.4) is 0 Å². The van der Waals surface area contributed by atoms with Crippen LogP contribution in [-0.4, -0.2) is 17.9 Å². The van der Waals surface area contributed by atoms with Crippen LogP contribution in [0.4, 0.5) is 21.5 Å². The molecule has 0 fully saturated rings. The summed E-state index contributed by atoms with van der Waals surface area (Å²) in [7, 11) is 1.48. The second-order valence-electron chi connectivity index (χ2n) is 4.34. The number of nitro groups is 1. The number of nitro benzene ring substituents is 1. The fraction of sp³-hybridized carbons (Fsp3) is 0.0714. The molecule has 108 valence electrons. The first-order valence-electron chi connectivity index (χ1n) is 5.98. The van der Waals surface area contributed by atoms with Crippen molar-refractivity contribution in [3.05, 3.63) is 64.0 Å². The Hall–Kier alpha value is -2.96. The number of nitrogens with zero attached hydrogens (tertiary/aromatic N) is 2. The Morgan fingerprint density at radius 3 is 2.43 bits per heavy atom. The quantitative estimate of drug-likeness (QED) is 0.534. The largest absolute Gasteiger partial charge is 0.393 e. The van der Waals surface area contributed by atoms with Crippen molar-refractivity contribution in [1.29, 1.82) is 0 Å². The summed E-state index contributed by atoms with van der Waals surface area (Å²) in [6, 6.07) is 9.32. The number of carbonyl (C=O) groups is 1. The zero-order chi connectivity index (χ0) is 15.6. The molecule has 2 N–H and O–H groups in total. The Morgan fingerprint density at radius 2 is 1.86 bits per heavy atom. The number of carbonyl (C=O) groups excluding carboxylic acids is 1. The average Bonchev–Trinajstić information content (AvgIpc) is 2.46. The van der Waals surface area contributed by atoms with E-state index in [1.54, 1.807) is 0 Å². The summed E-state index contributed by atoms with van der Waals surface area (Å²) in [5.41, 5.74) is 5.63. The van der Waals surface area contributed by atoms with Crippen molar-refractivity contribution >= 4 is 23.0 Å². The number of nitrogen functional groups attached to an aromatic ring is 1. The first-order chi connectivity index (χ1) is 9.91. The van der Waals surface area contributed by atoms with Crippen LogP contribution in [0.15, 0.2) is 42.5 Å². The van der Waals surface area contributed by atoms with E-state index in [2.05, 4.69) is 0 Å². The molecule has 0 bridgehead atoms. The minimum atomic E-state index is -0.649. The predicted molar refractivity (Wildman–Crippen MR) is 76.6 cm³/mol. The molecule has 1 amide bonds. The zero-order valence-electron chi connectivity index (χ0n) is 11.1. The van der Waals surface area contributed by atoms with E-state index >= 15 is 0 Å². The van der Waals surface area contributed by atoms with E-state index in [9.17, 15) is 19.3 Å². The van der Waals surface area contributed by atoms with Crippen molar-refractivity contribution in [2.75, 3.05) is 17.7 Å². The maximum atomic E-state index is 12.9. The highest BCUT2D eigenvalue weighted by Gasteiger charge is 2.22. The van der Waals surface area contributed by atoms with Crippen LogP contribution in [0.5, 0.6) is 0 Å². The molecule has 0 radical (unpaired) electrons. The fourth-order valence-electron chi connectivity index (χ4n) is 1.86. The fourth-order valence-corrected chi connectivity index (χ4v) is 1.86. The summed E-state index contributed by atoms with van der Waals surface area (Å²) in [4.78, 5) is 23.8. The summed E-state index contributed by atoms with van der Waals surface area (Å²) in [5, 5.41) is 10.8. The summed E-state index contributed by atoms with van der Waals surface area (Å²) >= 11 is 0. The molecule has 2 rings (SSSR count). The number of amides is 1. The molecule has 7 heteroatoms. The molecule has 0 saturated carbocycles. The maximum Gasteiger partial charge on any atom is 0.292 e. The van der Waals surface area contributed by atoms with Crippen LogP contribution >= 0.6 is 0 Å². The molecule has 0 aromatic heterocycles. The first kappa shape index (κ1) is 14.4. The lowest BCUT2D eigenvalue weighted by atomic mass is 10.1. The molecule has 0 saturated heterocycles. The maximum absolute atomic E-state index is 12.9. The molecule has 0 aliphatic rings. The zero-order valence-corrected chi connectivity index (χ0v) is 11.1. The van der Waals surface area contributed by atoms with Crippen molar-refractivity contribution in [1.82, 2.24) is 0 Å². The van der Waals surface area contributed by atoms with Gasteiger partial charge in [0.15, 0.2) is 0 Å². The third-order valence-corrected chi connectivity index (χ3v) is 3.03. The van der Waals surface area contributed by atoms with Gasteiger partial charge in [0.1, 0.15) is 11.5 Å². The predicted octanol–water partition coefficient (Wildman–Crippen LogP) is 2.59. The van der Waals surface area contributed by atoms with Crippen molar-refractivity contribution in [2.24, 2.45) is 0 Å². The number of rotatable bonds is 3. The van der Waals surface area contributed by atoms with Crippen LogP contribution in [0.1, 0.15) is 10.4 Å². The molecule has 0 atom stereocenters. The van der Waals surface area contributed by atoms with Crippen LogP contribution in [-0.2, 0) is 0 Å². The van der Waals surface area contributed by atoms with Gasteiger partial charge in [-0.25, -0.2) is 4.39 Å².